The predicted molar refractivity (Wildman–Crippen MR) is 69.2 cm³/mol. The number of anilines is 1. The van der Waals surface area contributed by atoms with Crippen LogP contribution < -0.4 is 5.73 Å². The van der Waals surface area contributed by atoms with Crippen LogP contribution in [-0.2, 0) is 20.7 Å². The van der Waals surface area contributed by atoms with E-state index in [4.69, 9.17) is 15.2 Å². The zero-order valence-electron chi connectivity index (χ0n) is 10.2. The molecule has 1 unspecified atom stereocenters. The summed E-state index contributed by atoms with van der Waals surface area (Å²) in [6.45, 7) is 0.810. The number of nitrogens with two attached hydrogens (primary N) is 1. The van der Waals surface area contributed by atoms with Gasteiger partial charge in [0.2, 0.25) is 0 Å². The topological polar surface area (TPSA) is 77.3 Å². The maximum atomic E-state index is 10.4. The van der Waals surface area contributed by atoms with Gasteiger partial charge in [-0.3, -0.25) is 4.79 Å². The lowest BCUT2D eigenvalue weighted by Gasteiger charge is -2.12. The molecule has 18 heavy (non-hydrogen) atoms. The van der Waals surface area contributed by atoms with Crippen LogP contribution in [0.4, 0.5) is 5.69 Å². The van der Waals surface area contributed by atoms with E-state index in [1.807, 2.05) is 24.3 Å². The zero-order valence-corrected chi connectivity index (χ0v) is 10.2. The van der Waals surface area contributed by atoms with Crippen molar-refractivity contribution in [2.75, 3.05) is 19.5 Å². The number of carbonyl (C=O) groups excluding carboxylic acids is 1. The van der Waals surface area contributed by atoms with Gasteiger partial charge < -0.3 is 20.2 Å². The average Bonchev–Trinajstić information content (AvgIpc) is 2.74. The lowest BCUT2D eigenvalue weighted by molar-refractivity contribution is -0.135. The Kier molecular flexibility index (Phi) is 3.84. The summed E-state index contributed by atoms with van der Waals surface area (Å²) in [6.07, 6.45) is 0.280. The van der Waals surface area contributed by atoms with Gasteiger partial charge in [-0.05, 0) is 12.1 Å². The Bertz CT molecular complexity index is 536. The number of carbonyl (C=O) groups is 1. The van der Waals surface area contributed by atoms with Crippen LogP contribution in [0, 0.1) is 0 Å². The molecule has 1 heterocycles. The van der Waals surface area contributed by atoms with Crippen LogP contribution in [0.5, 0.6) is 0 Å². The van der Waals surface area contributed by atoms with Crippen molar-refractivity contribution in [3.8, 4) is 0 Å². The molecule has 1 aromatic heterocycles. The van der Waals surface area contributed by atoms with Crippen molar-refractivity contribution < 1.29 is 14.3 Å². The number of hydrogen-bond donors (Lipinski definition) is 2. The quantitative estimate of drug-likeness (QED) is 0.599. The smallest absolute Gasteiger partial charge is 0.293 e. The van der Waals surface area contributed by atoms with Gasteiger partial charge in [-0.15, -0.1) is 0 Å². The number of para-hydroxylation sites is 1. The fourth-order valence-electron chi connectivity index (χ4n) is 2.00. The molecule has 0 amide bonds. The standard InChI is InChI=1S/C13H16N2O3/c1-17-7-11(18-8-16)6-10-5-9-3-2-4-12(14)13(9)15-10/h2-5,8,11,15H,6-7,14H2,1H3. The summed E-state index contributed by atoms with van der Waals surface area (Å²) in [7, 11) is 1.57. The summed E-state index contributed by atoms with van der Waals surface area (Å²) in [6, 6.07) is 7.74. The van der Waals surface area contributed by atoms with E-state index in [2.05, 4.69) is 4.98 Å². The van der Waals surface area contributed by atoms with Gasteiger partial charge >= 0.3 is 0 Å². The molecular formula is C13H16N2O3. The number of rotatable bonds is 6. The molecule has 0 aliphatic rings. The Labute approximate surface area is 105 Å². The Morgan fingerprint density at radius 3 is 3.00 bits per heavy atom. The second-order valence-electron chi connectivity index (χ2n) is 4.12. The van der Waals surface area contributed by atoms with E-state index in [1.54, 1.807) is 7.11 Å². The average molecular weight is 248 g/mol. The summed E-state index contributed by atoms with van der Waals surface area (Å²) in [5.74, 6) is 0. The normalized spacial score (nSPS) is 12.5. The highest BCUT2D eigenvalue weighted by Crippen LogP contribution is 2.22. The van der Waals surface area contributed by atoms with Crippen molar-refractivity contribution in [3.63, 3.8) is 0 Å². The van der Waals surface area contributed by atoms with Crippen molar-refractivity contribution in [2.45, 2.75) is 12.5 Å². The maximum absolute atomic E-state index is 10.4. The summed E-state index contributed by atoms with van der Waals surface area (Å²) < 4.78 is 9.96. The first-order chi connectivity index (χ1) is 8.74. The highest BCUT2D eigenvalue weighted by molar-refractivity contribution is 5.90. The SMILES string of the molecule is COCC(Cc1cc2cccc(N)c2[nH]1)OC=O. The number of aromatic nitrogens is 1. The minimum absolute atomic E-state index is 0.290. The van der Waals surface area contributed by atoms with Gasteiger partial charge in [0.1, 0.15) is 6.10 Å². The summed E-state index contributed by atoms with van der Waals surface area (Å²) in [4.78, 5) is 13.6. The molecule has 5 heteroatoms. The minimum atomic E-state index is -0.290. The third kappa shape index (κ3) is 2.62. The monoisotopic (exact) mass is 248 g/mol. The molecule has 0 spiro atoms. The van der Waals surface area contributed by atoms with Gasteiger partial charge in [0.25, 0.3) is 6.47 Å². The predicted octanol–water partition coefficient (Wildman–Crippen LogP) is 1.48. The van der Waals surface area contributed by atoms with Crippen molar-refractivity contribution in [1.82, 2.24) is 4.98 Å². The van der Waals surface area contributed by atoms with E-state index >= 15 is 0 Å². The van der Waals surface area contributed by atoms with E-state index < -0.39 is 0 Å². The molecule has 0 bridgehead atoms. The van der Waals surface area contributed by atoms with Crippen molar-refractivity contribution in [1.29, 1.82) is 0 Å². The van der Waals surface area contributed by atoms with E-state index in [9.17, 15) is 4.79 Å². The second-order valence-corrected chi connectivity index (χ2v) is 4.12. The van der Waals surface area contributed by atoms with Gasteiger partial charge in [-0.1, -0.05) is 12.1 Å². The Hall–Kier alpha value is -2.01. The highest BCUT2D eigenvalue weighted by Gasteiger charge is 2.12. The molecule has 1 atom stereocenters. The number of ether oxygens (including phenoxy) is 2. The van der Waals surface area contributed by atoms with Gasteiger partial charge in [0.15, 0.2) is 0 Å². The minimum Gasteiger partial charge on any atom is -0.462 e. The molecule has 0 radical (unpaired) electrons. The largest absolute Gasteiger partial charge is 0.462 e. The molecule has 2 rings (SSSR count). The molecule has 3 N–H and O–H groups in total. The van der Waals surface area contributed by atoms with Crippen molar-refractivity contribution >= 4 is 23.1 Å². The number of H-pyrrole nitrogens is 1. The van der Waals surface area contributed by atoms with Crippen LogP contribution in [0.3, 0.4) is 0 Å². The number of methoxy groups -OCH3 is 1. The number of hydrogen-bond acceptors (Lipinski definition) is 4. The summed E-state index contributed by atoms with van der Waals surface area (Å²) in [5.41, 5.74) is 8.46. The van der Waals surface area contributed by atoms with Crippen molar-refractivity contribution in [3.05, 3.63) is 30.0 Å². The van der Waals surface area contributed by atoms with Gasteiger partial charge in [-0.25, -0.2) is 0 Å². The third-order valence-corrected chi connectivity index (χ3v) is 2.79. The van der Waals surface area contributed by atoms with Crippen LogP contribution in [0.2, 0.25) is 0 Å². The van der Waals surface area contributed by atoms with Gasteiger partial charge in [0, 0.05) is 24.6 Å². The third-order valence-electron chi connectivity index (χ3n) is 2.79. The Morgan fingerprint density at radius 2 is 2.33 bits per heavy atom. The number of nitrogens with one attached hydrogen (secondary N) is 1. The van der Waals surface area contributed by atoms with Crippen LogP contribution in [0.25, 0.3) is 10.9 Å². The van der Waals surface area contributed by atoms with E-state index in [1.165, 1.54) is 0 Å². The number of fused-ring (bicyclic) bond motifs is 1. The Morgan fingerprint density at radius 1 is 1.50 bits per heavy atom. The molecule has 0 aliphatic carbocycles. The molecule has 1 aromatic carbocycles. The van der Waals surface area contributed by atoms with Crippen LogP contribution >= 0.6 is 0 Å². The lowest BCUT2D eigenvalue weighted by Crippen LogP contribution is -2.21. The van der Waals surface area contributed by atoms with Crippen LogP contribution in [0.15, 0.2) is 24.3 Å². The molecule has 2 aromatic rings. The molecule has 0 fully saturated rings. The first kappa shape index (κ1) is 12.4. The van der Waals surface area contributed by atoms with Crippen LogP contribution in [0.1, 0.15) is 5.69 Å². The molecule has 0 saturated carbocycles. The summed E-state index contributed by atoms with van der Waals surface area (Å²) in [5, 5.41) is 1.05. The van der Waals surface area contributed by atoms with Crippen molar-refractivity contribution in [2.24, 2.45) is 0 Å². The molecular weight excluding hydrogens is 232 g/mol. The van der Waals surface area contributed by atoms with Gasteiger partial charge in [0.05, 0.1) is 17.8 Å². The fourth-order valence-corrected chi connectivity index (χ4v) is 2.00. The zero-order chi connectivity index (χ0) is 13.0. The molecule has 96 valence electrons. The first-order valence-electron chi connectivity index (χ1n) is 5.68. The van der Waals surface area contributed by atoms with Gasteiger partial charge in [-0.2, -0.15) is 0 Å². The van der Waals surface area contributed by atoms with E-state index in [0.717, 1.165) is 16.6 Å². The first-order valence-corrected chi connectivity index (χ1v) is 5.68. The Balaban J connectivity index is 2.20. The molecule has 0 saturated heterocycles. The lowest BCUT2D eigenvalue weighted by atomic mass is 10.2. The van der Waals surface area contributed by atoms with Crippen LogP contribution in [-0.4, -0.2) is 31.3 Å². The number of benzene rings is 1. The maximum Gasteiger partial charge on any atom is 0.293 e. The second kappa shape index (κ2) is 5.55. The number of nitrogen functional groups attached to an aromatic ring is 1. The fraction of sp³-hybridized carbons (Fsp3) is 0.308. The summed E-state index contributed by atoms with van der Waals surface area (Å²) >= 11 is 0. The molecule has 5 nitrogen and oxygen atoms in total. The number of aromatic amines is 1. The van der Waals surface area contributed by atoms with E-state index in [0.29, 0.717) is 25.2 Å². The van der Waals surface area contributed by atoms with E-state index in [-0.39, 0.29) is 6.10 Å². The highest BCUT2D eigenvalue weighted by atomic mass is 16.6. The molecule has 0 aliphatic heterocycles.